The maximum absolute atomic E-state index is 11.1. The molecule has 0 spiro atoms. The van der Waals surface area contributed by atoms with Crippen LogP contribution in [0.1, 0.15) is 19.8 Å². The maximum atomic E-state index is 11.1. The molecule has 0 saturated heterocycles. The van der Waals surface area contributed by atoms with Gasteiger partial charge in [0.25, 0.3) is 0 Å². The smallest absolute Gasteiger partial charge is 0.330 e. The standard InChI is InChI=1S/C14H18O7.C7H12O2/c1-4-11(16)19-8-14(7-15,9-20-12(17)5-2)10-21-13(18)6-3;1-3-5-6-9-7(8)4-2/h4-6,15H,1-3,7-10H2;4H,2-3,5-6H2,1H3. The molecule has 9 heteroatoms. The van der Waals surface area contributed by atoms with Crippen LogP contribution in [0.25, 0.3) is 0 Å². The van der Waals surface area contributed by atoms with Crippen molar-refractivity contribution in [3.05, 3.63) is 50.6 Å². The first-order chi connectivity index (χ1) is 14.2. The molecular formula is C21H30O9. The van der Waals surface area contributed by atoms with Crippen LogP contribution in [0.5, 0.6) is 0 Å². The van der Waals surface area contributed by atoms with E-state index in [0.717, 1.165) is 31.1 Å². The lowest BCUT2D eigenvalue weighted by atomic mass is 9.92. The molecule has 0 atom stereocenters. The SMILES string of the molecule is C=CC(=O)OCC(CO)(COC(=O)C=C)COC(=O)C=C.C=CC(=O)OCCCC. The van der Waals surface area contributed by atoms with Gasteiger partial charge in [0, 0.05) is 24.3 Å². The minimum Gasteiger partial charge on any atom is -0.463 e. The first-order valence-corrected chi connectivity index (χ1v) is 9.01. The number of carbonyl (C=O) groups excluding carboxylic acids is 4. The normalized spacial score (nSPS) is 9.67. The van der Waals surface area contributed by atoms with Crippen LogP contribution in [-0.2, 0) is 38.1 Å². The Bertz CT molecular complexity index is 548. The summed E-state index contributed by atoms with van der Waals surface area (Å²) in [6.45, 7) is 14.0. The summed E-state index contributed by atoms with van der Waals surface area (Å²) in [5.41, 5.74) is -1.28. The summed E-state index contributed by atoms with van der Waals surface area (Å²) < 4.78 is 19.2. The molecule has 0 saturated carbocycles. The van der Waals surface area contributed by atoms with E-state index in [1.54, 1.807) is 0 Å². The molecule has 0 aliphatic heterocycles. The Hall–Kier alpha value is -3.20. The third-order valence-electron chi connectivity index (χ3n) is 3.31. The highest BCUT2D eigenvalue weighted by atomic mass is 16.6. The van der Waals surface area contributed by atoms with Crippen LogP contribution in [0.3, 0.4) is 0 Å². The summed E-state index contributed by atoms with van der Waals surface area (Å²) in [6, 6.07) is 0. The molecule has 0 rings (SSSR count). The fourth-order valence-corrected chi connectivity index (χ4v) is 1.49. The van der Waals surface area contributed by atoms with Gasteiger partial charge in [0.1, 0.15) is 19.8 Å². The molecule has 168 valence electrons. The topological polar surface area (TPSA) is 125 Å². The van der Waals surface area contributed by atoms with Gasteiger partial charge in [-0.25, -0.2) is 19.2 Å². The van der Waals surface area contributed by atoms with Gasteiger partial charge in [-0.1, -0.05) is 39.7 Å². The van der Waals surface area contributed by atoms with E-state index in [0.29, 0.717) is 6.61 Å². The van der Waals surface area contributed by atoms with Crippen molar-refractivity contribution < 1.29 is 43.2 Å². The molecule has 0 aliphatic rings. The lowest BCUT2D eigenvalue weighted by Gasteiger charge is -2.29. The highest BCUT2D eigenvalue weighted by Gasteiger charge is 2.35. The average Bonchev–Trinajstić information content (AvgIpc) is 2.78. The zero-order chi connectivity index (χ0) is 23.4. The Morgan fingerprint density at radius 1 is 0.733 bits per heavy atom. The van der Waals surface area contributed by atoms with Crippen molar-refractivity contribution in [3.8, 4) is 0 Å². The molecule has 0 radical (unpaired) electrons. The third-order valence-corrected chi connectivity index (χ3v) is 3.31. The second-order valence-electron chi connectivity index (χ2n) is 5.82. The lowest BCUT2D eigenvalue weighted by molar-refractivity contribution is -0.159. The van der Waals surface area contributed by atoms with E-state index in [4.69, 9.17) is 14.2 Å². The van der Waals surface area contributed by atoms with Gasteiger partial charge in [-0.05, 0) is 6.42 Å². The minimum absolute atomic E-state index is 0.330. The van der Waals surface area contributed by atoms with Gasteiger partial charge in [0.05, 0.1) is 18.6 Å². The van der Waals surface area contributed by atoms with E-state index in [2.05, 4.69) is 31.1 Å². The predicted molar refractivity (Wildman–Crippen MR) is 109 cm³/mol. The monoisotopic (exact) mass is 426 g/mol. The maximum Gasteiger partial charge on any atom is 0.330 e. The highest BCUT2D eigenvalue weighted by Crippen LogP contribution is 2.19. The van der Waals surface area contributed by atoms with E-state index in [-0.39, 0.29) is 25.8 Å². The molecular weight excluding hydrogens is 396 g/mol. The molecule has 0 unspecified atom stereocenters. The molecule has 0 heterocycles. The van der Waals surface area contributed by atoms with Crippen molar-refractivity contribution in [1.29, 1.82) is 0 Å². The number of hydrogen-bond acceptors (Lipinski definition) is 9. The summed E-state index contributed by atoms with van der Waals surface area (Å²) in [7, 11) is 0. The van der Waals surface area contributed by atoms with Crippen LogP contribution in [-0.4, -0.2) is 62.0 Å². The summed E-state index contributed by atoms with van der Waals surface area (Å²) in [5, 5.41) is 9.48. The number of aliphatic hydroxyl groups excluding tert-OH is 1. The molecule has 0 aliphatic carbocycles. The second kappa shape index (κ2) is 17.9. The van der Waals surface area contributed by atoms with E-state index < -0.39 is 29.9 Å². The Balaban J connectivity index is 0. The lowest BCUT2D eigenvalue weighted by Crippen LogP contribution is -2.42. The second-order valence-corrected chi connectivity index (χ2v) is 5.82. The number of unbranched alkanes of at least 4 members (excludes halogenated alkanes) is 1. The van der Waals surface area contributed by atoms with E-state index in [1.165, 1.54) is 6.08 Å². The first-order valence-electron chi connectivity index (χ1n) is 9.01. The first kappa shape index (κ1) is 29.0. The third kappa shape index (κ3) is 14.8. The number of carbonyl (C=O) groups is 4. The van der Waals surface area contributed by atoms with Gasteiger partial charge in [0.2, 0.25) is 0 Å². The molecule has 9 nitrogen and oxygen atoms in total. The fraction of sp³-hybridized carbons (Fsp3) is 0.429. The zero-order valence-electron chi connectivity index (χ0n) is 17.3. The van der Waals surface area contributed by atoms with Gasteiger partial charge < -0.3 is 24.1 Å². The molecule has 0 aromatic rings. The van der Waals surface area contributed by atoms with Crippen molar-refractivity contribution in [2.24, 2.45) is 5.41 Å². The Kier molecular flexibility index (Phi) is 17.3. The van der Waals surface area contributed by atoms with Gasteiger partial charge in [-0.2, -0.15) is 0 Å². The largest absolute Gasteiger partial charge is 0.463 e. The number of aliphatic hydroxyl groups is 1. The van der Waals surface area contributed by atoms with Gasteiger partial charge in [0.15, 0.2) is 0 Å². The Labute approximate surface area is 176 Å². The fourth-order valence-electron chi connectivity index (χ4n) is 1.49. The van der Waals surface area contributed by atoms with E-state index in [1.807, 2.05) is 6.92 Å². The van der Waals surface area contributed by atoms with Crippen LogP contribution < -0.4 is 0 Å². The molecule has 0 bridgehead atoms. The van der Waals surface area contributed by atoms with E-state index >= 15 is 0 Å². The number of ether oxygens (including phenoxy) is 4. The van der Waals surface area contributed by atoms with Crippen molar-refractivity contribution in [2.45, 2.75) is 19.8 Å². The van der Waals surface area contributed by atoms with Crippen LogP contribution >= 0.6 is 0 Å². The molecule has 1 N–H and O–H groups in total. The summed E-state index contributed by atoms with van der Waals surface area (Å²) >= 11 is 0. The number of hydrogen-bond donors (Lipinski definition) is 1. The summed E-state index contributed by atoms with van der Waals surface area (Å²) in [6.07, 6.45) is 5.97. The van der Waals surface area contributed by atoms with Gasteiger partial charge >= 0.3 is 23.9 Å². The summed E-state index contributed by atoms with van der Waals surface area (Å²) in [5.74, 6) is -2.50. The molecule has 30 heavy (non-hydrogen) atoms. The van der Waals surface area contributed by atoms with Crippen molar-refractivity contribution in [1.82, 2.24) is 0 Å². The van der Waals surface area contributed by atoms with Gasteiger partial charge in [-0.3, -0.25) is 0 Å². The molecule has 0 amide bonds. The Morgan fingerprint density at radius 2 is 1.07 bits per heavy atom. The molecule has 0 fully saturated rings. The Morgan fingerprint density at radius 3 is 1.33 bits per heavy atom. The zero-order valence-corrected chi connectivity index (χ0v) is 17.3. The highest BCUT2D eigenvalue weighted by molar-refractivity contribution is 5.82. The molecule has 0 aromatic carbocycles. The predicted octanol–water partition coefficient (Wildman–Crippen LogP) is 1.67. The number of esters is 4. The number of rotatable bonds is 14. The van der Waals surface area contributed by atoms with Crippen LogP contribution in [0.4, 0.5) is 0 Å². The average molecular weight is 426 g/mol. The van der Waals surface area contributed by atoms with Crippen LogP contribution in [0, 0.1) is 5.41 Å². The van der Waals surface area contributed by atoms with Gasteiger partial charge in [-0.15, -0.1) is 0 Å². The van der Waals surface area contributed by atoms with Crippen LogP contribution in [0.15, 0.2) is 50.6 Å². The van der Waals surface area contributed by atoms with E-state index in [9.17, 15) is 24.3 Å². The summed E-state index contributed by atoms with van der Waals surface area (Å²) in [4.78, 5) is 43.6. The molecule has 0 aromatic heterocycles. The van der Waals surface area contributed by atoms with Crippen molar-refractivity contribution >= 4 is 23.9 Å². The quantitative estimate of drug-likeness (QED) is 0.191. The van der Waals surface area contributed by atoms with Crippen molar-refractivity contribution in [2.75, 3.05) is 33.0 Å². The van der Waals surface area contributed by atoms with Crippen LogP contribution in [0.2, 0.25) is 0 Å². The minimum atomic E-state index is -1.28. The van der Waals surface area contributed by atoms with Crippen molar-refractivity contribution in [3.63, 3.8) is 0 Å².